The van der Waals surface area contributed by atoms with Crippen LogP contribution in [-0.2, 0) is 21.4 Å². The van der Waals surface area contributed by atoms with Gasteiger partial charge >= 0.3 is 0 Å². The average Bonchev–Trinajstić information content (AvgIpc) is 2.86. The molecule has 0 spiro atoms. The Morgan fingerprint density at radius 3 is 2.27 bits per heavy atom. The summed E-state index contributed by atoms with van der Waals surface area (Å²) < 4.78 is 27.2. The van der Waals surface area contributed by atoms with E-state index in [1.807, 2.05) is 18.2 Å². The smallest absolute Gasteiger partial charge is 0.243 e. The summed E-state index contributed by atoms with van der Waals surface area (Å²) in [4.78, 5) is 15.8. The number of hydrogen-bond acceptors (Lipinski definition) is 4. The Balaban J connectivity index is 1.35. The minimum absolute atomic E-state index is 0.0143. The van der Waals surface area contributed by atoms with Gasteiger partial charge in [-0.1, -0.05) is 55.7 Å². The van der Waals surface area contributed by atoms with Gasteiger partial charge in [-0.25, -0.2) is 8.42 Å². The van der Waals surface area contributed by atoms with Gasteiger partial charge in [-0.05, 0) is 56.5 Å². The minimum Gasteiger partial charge on any atom is -0.326 e. The van der Waals surface area contributed by atoms with Crippen LogP contribution in [0.5, 0.6) is 0 Å². The molecule has 1 heterocycles. The van der Waals surface area contributed by atoms with Crippen molar-refractivity contribution in [2.45, 2.75) is 62.4 Å². The van der Waals surface area contributed by atoms with Crippen LogP contribution in [0.15, 0.2) is 59.5 Å². The molecule has 0 radical (unpaired) electrons. The number of hydrogen-bond donors (Lipinski definition) is 1. The van der Waals surface area contributed by atoms with Crippen LogP contribution in [0, 0.1) is 5.92 Å². The van der Waals surface area contributed by atoms with Gasteiger partial charge in [-0.2, -0.15) is 4.31 Å². The first kappa shape index (κ1) is 23.9. The van der Waals surface area contributed by atoms with Crippen LogP contribution in [0.1, 0.15) is 50.5 Å². The van der Waals surface area contributed by atoms with Crippen LogP contribution in [0.25, 0.3) is 0 Å². The molecule has 1 amide bonds. The van der Waals surface area contributed by atoms with Crippen LogP contribution in [0.3, 0.4) is 0 Å². The fourth-order valence-electron chi connectivity index (χ4n) is 5.03. The molecule has 6 nitrogen and oxygen atoms in total. The Labute approximate surface area is 198 Å². The Morgan fingerprint density at radius 2 is 1.58 bits per heavy atom. The number of benzene rings is 2. The molecule has 178 valence electrons. The van der Waals surface area contributed by atoms with Crippen LogP contribution in [0.4, 0.5) is 5.69 Å². The number of carbonyl (C=O) groups excluding carboxylic acids is 1. The monoisotopic (exact) mass is 469 g/mol. The molecule has 0 atom stereocenters. The maximum Gasteiger partial charge on any atom is 0.243 e. The zero-order chi connectivity index (χ0) is 23.3. The fourth-order valence-corrected chi connectivity index (χ4v) is 6.53. The molecule has 1 aliphatic heterocycles. The van der Waals surface area contributed by atoms with Gasteiger partial charge < -0.3 is 5.32 Å². The summed E-state index contributed by atoms with van der Waals surface area (Å²) in [6.07, 6.45) is 7.48. The third kappa shape index (κ3) is 5.83. The van der Waals surface area contributed by atoms with E-state index in [0.717, 1.165) is 17.8 Å². The van der Waals surface area contributed by atoms with Gasteiger partial charge in [-0.15, -0.1) is 0 Å². The van der Waals surface area contributed by atoms with Gasteiger partial charge in [0.2, 0.25) is 15.9 Å². The first-order valence-electron chi connectivity index (χ1n) is 12.1. The van der Waals surface area contributed by atoms with Crippen molar-refractivity contribution in [3.05, 3.63) is 60.2 Å². The van der Waals surface area contributed by atoms with E-state index in [1.54, 1.807) is 30.3 Å². The van der Waals surface area contributed by atoms with Crippen LogP contribution in [-0.4, -0.2) is 49.7 Å². The Morgan fingerprint density at radius 1 is 0.939 bits per heavy atom. The van der Waals surface area contributed by atoms with Crippen LogP contribution < -0.4 is 5.32 Å². The number of rotatable bonds is 7. The molecule has 2 aromatic rings. The van der Waals surface area contributed by atoms with Crippen molar-refractivity contribution in [3.63, 3.8) is 0 Å². The summed E-state index contributed by atoms with van der Waals surface area (Å²) in [5.74, 6) is -0.198. The molecule has 4 rings (SSSR count). The van der Waals surface area contributed by atoms with Crippen molar-refractivity contribution < 1.29 is 13.2 Å². The molecular formula is C26H35N3O3S. The van der Waals surface area contributed by atoms with E-state index in [2.05, 4.69) is 23.3 Å². The molecule has 2 aliphatic rings. The number of para-hydroxylation sites is 1. The van der Waals surface area contributed by atoms with Gasteiger partial charge in [0.25, 0.3) is 0 Å². The number of piperidine rings is 1. The lowest BCUT2D eigenvalue weighted by Crippen LogP contribution is -2.41. The second-order valence-electron chi connectivity index (χ2n) is 9.34. The van der Waals surface area contributed by atoms with Crippen molar-refractivity contribution in [3.8, 4) is 0 Å². The van der Waals surface area contributed by atoms with Gasteiger partial charge in [0, 0.05) is 37.3 Å². The van der Waals surface area contributed by atoms with E-state index in [4.69, 9.17) is 0 Å². The highest BCUT2D eigenvalue weighted by Gasteiger charge is 2.32. The Hall–Kier alpha value is -2.22. The molecule has 1 saturated carbocycles. The van der Waals surface area contributed by atoms with E-state index in [-0.39, 0.29) is 11.8 Å². The molecule has 2 aromatic carbocycles. The number of amides is 1. The van der Waals surface area contributed by atoms with Gasteiger partial charge in [0.1, 0.15) is 0 Å². The van der Waals surface area contributed by atoms with Gasteiger partial charge in [0.15, 0.2) is 0 Å². The number of nitrogens with zero attached hydrogens (tertiary/aromatic N) is 2. The minimum atomic E-state index is -3.50. The highest BCUT2D eigenvalue weighted by molar-refractivity contribution is 7.89. The quantitative estimate of drug-likeness (QED) is 0.649. The Kier molecular flexibility index (Phi) is 7.83. The summed E-state index contributed by atoms with van der Waals surface area (Å²) in [6, 6.07) is 17.2. The van der Waals surface area contributed by atoms with E-state index >= 15 is 0 Å². The maximum atomic E-state index is 13.0. The fraction of sp³-hybridized carbons (Fsp3) is 0.500. The molecule has 2 fully saturated rings. The molecule has 0 unspecified atom stereocenters. The lowest BCUT2D eigenvalue weighted by atomic mass is 9.94. The summed E-state index contributed by atoms with van der Waals surface area (Å²) in [7, 11) is -1.33. The van der Waals surface area contributed by atoms with Crippen molar-refractivity contribution >= 4 is 21.6 Å². The van der Waals surface area contributed by atoms with Gasteiger partial charge in [0.05, 0.1) is 4.90 Å². The number of carbonyl (C=O) groups is 1. The van der Waals surface area contributed by atoms with Crippen molar-refractivity contribution in [2.24, 2.45) is 5.92 Å². The summed E-state index contributed by atoms with van der Waals surface area (Å²) in [5.41, 5.74) is 1.99. The molecule has 0 aromatic heterocycles. The van der Waals surface area contributed by atoms with Crippen molar-refractivity contribution in [1.82, 2.24) is 9.21 Å². The standard InChI is InChI=1S/C26H35N3O3S/c1-28(23-11-4-2-5-12-23)20-22-10-8-9-15-25(22)27-26(30)21-16-18-29(19-17-21)33(31,32)24-13-6-3-7-14-24/h3,6-10,13-15,21,23H,2,4-5,11-12,16-20H2,1H3,(H,27,30). The molecule has 33 heavy (non-hydrogen) atoms. The van der Waals surface area contributed by atoms with Crippen molar-refractivity contribution in [1.29, 1.82) is 0 Å². The first-order valence-corrected chi connectivity index (χ1v) is 13.5. The second kappa shape index (κ2) is 10.8. The summed E-state index contributed by atoms with van der Waals surface area (Å²) >= 11 is 0. The highest BCUT2D eigenvalue weighted by Crippen LogP contribution is 2.27. The molecule has 1 saturated heterocycles. The number of nitrogens with one attached hydrogen (secondary N) is 1. The van der Waals surface area contributed by atoms with E-state index in [1.165, 1.54) is 36.4 Å². The molecule has 0 bridgehead atoms. The predicted molar refractivity (Wildman–Crippen MR) is 131 cm³/mol. The Bertz CT molecular complexity index is 1030. The average molecular weight is 470 g/mol. The first-order chi connectivity index (χ1) is 15.9. The maximum absolute atomic E-state index is 13.0. The van der Waals surface area contributed by atoms with E-state index in [9.17, 15) is 13.2 Å². The lowest BCUT2D eigenvalue weighted by molar-refractivity contribution is -0.120. The third-order valence-electron chi connectivity index (χ3n) is 7.10. The van der Waals surface area contributed by atoms with Crippen molar-refractivity contribution in [2.75, 3.05) is 25.5 Å². The summed E-state index contributed by atoms with van der Waals surface area (Å²) in [6.45, 7) is 1.54. The number of sulfonamides is 1. The zero-order valence-corrected chi connectivity index (χ0v) is 20.3. The lowest BCUT2D eigenvalue weighted by Gasteiger charge is -2.32. The second-order valence-corrected chi connectivity index (χ2v) is 11.3. The normalized spacial score (nSPS) is 19.0. The molecule has 1 N–H and O–H groups in total. The number of anilines is 1. The molecular weight excluding hydrogens is 434 g/mol. The van der Waals surface area contributed by atoms with E-state index < -0.39 is 10.0 Å². The highest BCUT2D eigenvalue weighted by atomic mass is 32.2. The SMILES string of the molecule is CN(Cc1ccccc1NC(=O)C1CCN(S(=O)(=O)c2ccccc2)CC1)C1CCCCC1. The molecule has 1 aliphatic carbocycles. The third-order valence-corrected chi connectivity index (χ3v) is 9.01. The molecule has 7 heteroatoms. The van der Waals surface area contributed by atoms with Crippen LogP contribution >= 0.6 is 0 Å². The van der Waals surface area contributed by atoms with Crippen LogP contribution in [0.2, 0.25) is 0 Å². The van der Waals surface area contributed by atoms with Gasteiger partial charge in [-0.3, -0.25) is 9.69 Å². The predicted octanol–water partition coefficient (Wildman–Crippen LogP) is 4.49. The largest absolute Gasteiger partial charge is 0.326 e. The summed E-state index contributed by atoms with van der Waals surface area (Å²) in [5, 5.41) is 3.14. The topological polar surface area (TPSA) is 69.7 Å². The zero-order valence-electron chi connectivity index (χ0n) is 19.4. The van der Waals surface area contributed by atoms with E-state index in [0.29, 0.717) is 36.9 Å².